The molecule has 5 nitrogen and oxygen atoms in total. The maximum absolute atomic E-state index is 13.1. The first-order valence-corrected chi connectivity index (χ1v) is 10.5. The van der Waals surface area contributed by atoms with E-state index in [1.54, 1.807) is 13.2 Å². The molecule has 4 rings (SSSR count). The molecule has 3 aliphatic rings. The molecule has 1 atom stereocenters. The number of benzene rings is 1. The Morgan fingerprint density at radius 1 is 1.27 bits per heavy atom. The SMILES string of the molecule is COc1cc2c(cc1OCCCCCBr)N=CC1CC3(CC3)CN1C2=O. The molecule has 1 aliphatic carbocycles. The van der Waals surface area contributed by atoms with Gasteiger partial charge in [-0.3, -0.25) is 9.79 Å². The maximum Gasteiger partial charge on any atom is 0.256 e. The van der Waals surface area contributed by atoms with Crippen LogP contribution in [0, 0.1) is 5.41 Å². The second-order valence-electron chi connectivity index (χ2n) is 7.60. The van der Waals surface area contributed by atoms with Crippen molar-refractivity contribution >= 4 is 33.7 Å². The highest BCUT2D eigenvalue weighted by Crippen LogP contribution is 2.55. The molecule has 1 aromatic carbocycles. The molecule has 140 valence electrons. The van der Waals surface area contributed by atoms with Gasteiger partial charge in [0.05, 0.1) is 31.0 Å². The number of methoxy groups -OCH3 is 1. The molecule has 0 radical (unpaired) electrons. The van der Waals surface area contributed by atoms with Crippen molar-refractivity contribution in [3.63, 3.8) is 0 Å². The first-order valence-electron chi connectivity index (χ1n) is 9.42. The second kappa shape index (κ2) is 7.22. The van der Waals surface area contributed by atoms with E-state index in [0.29, 0.717) is 34.8 Å². The second-order valence-corrected chi connectivity index (χ2v) is 8.39. The Kier molecular flexibility index (Phi) is 4.95. The van der Waals surface area contributed by atoms with Crippen molar-refractivity contribution in [2.24, 2.45) is 10.4 Å². The van der Waals surface area contributed by atoms with E-state index < -0.39 is 0 Å². The summed E-state index contributed by atoms with van der Waals surface area (Å²) in [4.78, 5) is 19.7. The highest BCUT2D eigenvalue weighted by atomic mass is 79.9. The number of rotatable bonds is 7. The molecular formula is C20H25BrN2O3. The average Bonchev–Trinajstić information content (AvgIpc) is 3.32. The number of ether oxygens (including phenoxy) is 2. The fraction of sp³-hybridized carbons (Fsp3) is 0.600. The van der Waals surface area contributed by atoms with E-state index in [9.17, 15) is 4.79 Å². The lowest BCUT2D eigenvalue weighted by Gasteiger charge is -2.20. The van der Waals surface area contributed by atoms with Crippen molar-refractivity contribution in [2.75, 3.05) is 25.6 Å². The number of halogens is 1. The van der Waals surface area contributed by atoms with Gasteiger partial charge >= 0.3 is 0 Å². The summed E-state index contributed by atoms with van der Waals surface area (Å²) in [6.07, 6.45) is 8.72. The molecule has 1 aromatic rings. The van der Waals surface area contributed by atoms with Crippen molar-refractivity contribution in [3.05, 3.63) is 17.7 Å². The summed E-state index contributed by atoms with van der Waals surface area (Å²) >= 11 is 3.44. The van der Waals surface area contributed by atoms with E-state index in [-0.39, 0.29) is 11.9 Å². The zero-order chi connectivity index (χ0) is 18.1. The minimum atomic E-state index is 0.0634. The molecule has 6 heteroatoms. The fourth-order valence-corrected chi connectivity index (χ4v) is 4.36. The first kappa shape index (κ1) is 17.8. The number of alkyl halides is 1. The van der Waals surface area contributed by atoms with E-state index in [0.717, 1.165) is 37.6 Å². The van der Waals surface area contributed by atoms with Crippen LogP contribution in [0.1, 0.15) is 48.9 Å². The Balaban J connectivity index is 1.55. The van der Waals surface area contributed by atoms with Gasteiger partial charge in [0.15, 0.2) is 11.5 Å². The molecule has 0 aromatic heterocycles. The quantitative estimate of drug-likeness (QED) is 0.486. The van der Waals surface area contributed by atoms with Crippen LogP contribution in [0.25, 0.3) is 0 Å². The summed E-state index contributed by atoms with van der Waals surface area (Å²) in [5.74, 6) is 1.33. The number of fused-ring (bicyclic) bond motifs is 2. The van der Waals surface area contributed by atoms with Crippen LogP contribution < -0.4 is 9.47 Å². The van der Waals surface area contributed by atoms with Gasteiger partial charge in [0.1, 0.15) is 0 Å². The van der Waals surface area contributed by atoms with Crippen LogP contribution in [-0.2, 0) is 0 Å². The van der Waals surface area contributed by atoms with Gasteiger partial charge in [0.2, 0.25) is 0 Å². The van der Waals surface area contributed by atoms with Crippen molar-refractivity contribution < 1.29 is 14.3 Å². The van der Waals surface area contributed by atoms with Gasteiger partial charge in [-0.15, -0.1) is 0 Å². The largest absolute Gasteiger partial charge is 0.493 e. The van der Waals surface area contributed by atoms with Gasteiger partial charge in [-0.2, -0.15) is 0 Å². The molecule has 26 heavy (non-hydrogen) atoms. The van der Waals surface area contributed by atoms with Crippen molar-refractivity contribution in [1.82, 2.24) is 4.90 Å². The van der Waals surface area contributed by atoms with E-state index in [1.165, 1.54) is 12.8 Å². The van der Waals surface area contributed by atoms with E-state index in [1.807, 2.05) is 17.2 Å². The maximum atomic E-state index is 13.1. The topological polar surface area (TPSA) is 51.1 Å². The van der Waals surface area contributed by atoms with Gasteiger partial charge in [0, 0.05) is 24.2 Å². The number of unbranched alkanes of at least 4 members (excludes halogenated alkanes) is 2. The van der Waals surface area contributed by atoms with Crippen LogP contribution in [0.3, 0.4) is 0 Å². The highest BCUT2D eigenvalue weighted by Gasteiger charge is 2.53. The first-order chi connectivity index (χ1) is 12.7. The average molecular weight is 421 g/mol. The van der Waals surface area contributed by atoms with Gasteiger partial charge in [-0.05, 0) is 50.0 Å². The van der Waals surface area contributed by atoms with Crippen LogP contribution in [-0.4, -0.2) is 48.7 Å². The van der Waals surface area contributed by atoms with Crippen LogP contribution >= 0.6 is 15.9 Å². The lowest BCUT2D eigenvalue weighted by Crippen LogP contribution is -2.35. The normalized spacial score (nSPS) is 22.2. The Morgan fingerprint density at radius 3 is 2.85 bits per heavy atom. The number of carbonyl (C=O) groups excluding carboxylic acids is 1. The predicted molar refractivity (Wildman–Crippen MR) is 105 cm³/mol. The third-order valence-electron chi connectivity index (χ3n) is 5.70. The lowest BCUT2D eigenvalue weighted by atomic mass is 10.0. The van der Waals surface area contributed by atoms with E-state index >= 15 is 0 Å². The molecule has 1 saturated heterocycles. The van der Waals surface area contributed by atoms with Crippen LogP contribution in [0.15, 0.2) is 17.1 Å². The Hall–Kier alpha value is -1.56. The molecule has 0 N–H and O–H groups in total. The molecule has 1 unspecified atom stereocenters. The van der Waals surface area contributed by atoms with Crippen molar-refractivity contribution in [2.45, 2.75) is 44.6 Å². The number of amides is 1. The van der Waals surface area contributed by atoms with Gasteiger partial charge in [-0.25, -0.2) is 0 Å². The van der Waals surface area contributed by atoms with Crippen LogP contribution in [0.5, 0.6) is 11.5 Å². The number of carbonyl (C=O) groups is 1. The fourth-order valence-electron chi connectivity index (χ4n) is 3.97. The van der Waals surface area contributed by atoms with Crippen LogP contribution in [0.2, 0.25) is 0 Å². The minimum absolute atomic E-state index is 0.0634. The Bertz CT molecular complexity index is 730. The molecule has 0 bridgehead atoms. The molecule has 1 amide bonds. The summed E-state index contributed by atoms with van der Waals surface area (Å²) in [7, 11) is 1.61. The predicted octanol–water partition coefficient (Wildman–Crippen LogP) is 4.35. The summed E-state index contributed by atoms with van der Waals surface area (Å²) in [6, 6.07) is 3.77. The zero-order valence-corrected chi connectivity index (χ0v) is 16.8. The van der Waals surface area contributed by atoms with E-state index in [4.69, 9.17) is 9.47 Å². The highest BCUT2D eigenvalue weighted by molar-refractivity contribution is 9.09. The summed E-state index contributed by atoms with van der Waals surface area (Å²) in [5.41, 5.74) is 1.67. The lowest BCUT2D eigenvalue weighted by molar-refractivity contribution is 0.0767. The molecule has 2 aliphatic heterocycles. The molecular weight excluding hydrogens is 396 g/mol. The van der Waals surface area contributed by atoms with Crippen LogP contribution in [0.4, 0.5) is 5.69 Å². The monoisotopic (exact) mass is 420 g/mol. The smallest absolute Gasteiger partial charge is 0.256 e. The molecule has 1 spiro atoms. The van der Waals surface area contributed by atoms with Gasteiger partial charge < -0.3 is 14.4 Å². The van der Waals surface area contributed by atoms with Gasteiger partial charge in [0.25, 0.3) is 5.91 Å². The number of aliphatic imine (C=N–C) groups is 1. The van der Waals surface area contributed by atoms with Gasteiger partial charge in [-0.1, -0.05) is 15.9 Å². The molecule has 2 fully saturated rings. The zero-order valence-electron chi connectivity index (χ0n) is 15.2. The summed E-state index contributed by atoms with van der Waals surface area (Å²) in [6.45, 7) is 1.49. The summed E-state index contributed by atoms with van der Waals surface area (Å²) in [5, 5.41) is 1.02. The van der Waals surface area contributed by atoms with E-state index in [2.05, 4.69) is 20.9 Å². The third-order valence-corrected chi connectivity index (χ3v) is 6.26. The number of nitrogens with zero attached hydrogens (tertiary/aromatic N) is 2. The Morgan fingerprint density at radius 2 is 2.12 bits per heavy atom. The molecule has 1 saturated carbocycles. The summed E-state index contributed by atoms with van der Waals surface area (Å²) < 4.78 is 11.4. The third kappa shape index (κ3) is 3.36. The number of hydrogen-bond donors (Lipinski definition) is 0. The Labute approximate surface area is 162 Å². The minimum Gasteiger partial charge on any atom is -0.493 e. The standard InChI is InChI=1S/C20H25BrN2O3/c1-25-17-9-15-16(10-18(17)26-8-4-2-3-7-21)22-12-14-11-20(5-6-20)13-23(14)19(15)24/h9-10,12,14H,2-8,11,13H2,1H3. The molecule has 2 heterocycles. The van der Waals surface area contributed by atoms with Crippen molar-refractivity contribution in [3.8, 4) is 11.5 Å². The number of hydrogen-bond acceptors (Lipinski definition) is 4. The van der Waals surface area contributed by atoms with Crippen molar-refractivity contribution in [1.29, 1.82) is 0 Å².